The molecule has 0 saturated heterocycles. The fourth-order valence-electron chi connectivity index (χ4n) is 2.40. The first-order valence-corrected chi connectivity index (χ1v) is 7.74. The highest BCUT2D eigenvalue weighted by Crippen LogP contribution is 2.28. The van der Waals surface area contributed by atoms with Gasteiger partial charge >= 0.3 is 12.1 Å². The Morgan fingerprint density at radius 1 is 1.35 bits per heavy atom. The van der Waals surface area contributed by atoms with Crippen LogP contribution in [0, 0.1) is 0 Å². The zero-order chi connectivity index (χ0) is 17.2. The van der Waals surface area contributed by atoms with E-state index in [1.165, 1.54) is 4.90 Å². The zero-order valence-electron chi connectivity index (χ0n) is 13.4. The van der Waals surface area contributed by atoms with Gasteiger partial charge in [0, 0.05) is 11.6 Å². The van der Waals surface area contributed by atoms with Crippen molar-refractivity contribution in [3.05, 3.63) is 40.9 Å². The van der Waals surface area contributed by atoms with Crippen molar-refractivity contribution in [1.29, 1.82) is 0 Å². The lowest BCUT2D eigenvalue weighted by Crippen LogP contribution is -2.48. The Bertz CT molecular complexity index is 648. The van der Waals surface area contributed by atoms with Crippen LogP contribution in [0.2, 0.25) is 5.02 Å². The number of amides is 1. The molecule has 6 heteroatoms. The van der Waals surface area contributed by atoms with E-state index in [4.69, 9.17) is 16.3 Å². The Kier molecular flexibility index (Phi) is 5.00. The van der Waals surface area contributed by atoms with Crippen molar-refractivity contribution in [3.8, 4) is 0 Å². The average molecular weight is 338 g/mol. The van der Waals surface area contributed by atoms with Gasteiger partial charge in [0.2, 0.25) is 0 Å². The van der Waals surface area contributed by atoms with Gasteiger partial charge in [-0.25, -0.2) is 9.59 Å². The monoisotopic (exact) mass is 337 g/mol. The first-order valence-electron chi connectivity index (χ1n) is 7.36. The summed E-state index contributed by atoms with van der Waals surface area (Å²) in [4.78, 5) is 25.0. The Balaban J connectivity index is 2.27. The number of hydrogen-bond donors (Lipinski definition) is 1. The van der Waals surface area contributed by atoms with Gasteiger partial charge in [-0.05, 0) is 56.5 Å². The summed E-state index contributed by atoms with van der Waals surface area (Å²) >= 11 is 5.99. The lowest BCUT2D eigenvalue weighted by Gasteiger charge is -2.33. The highest BCUT2D eigenvalue weighted by atomic mass is 35.5. The van der Waals surface area contributed by atoms with Gasteiger partial charge in [-0.15, -0.1) is 0 Å². The Morgan fingerprint density at radius 3 is 2.61 bits per heavy atom. The summed E-state index contributed by atoms with van der Waals surface area (Å²) in [5.74, 6) is -1.09. The molecule has 0 bridgehead atoms. The summed E-state index contributed by atoms with van der Waals surface area (Å²) in [6.45, 7) is 5.53. The molecule has 2 rings (SSSR count). The molecule has 1 N–H and O–H groups in total. The number of carbonyl (C=O) groups excluding carboxylic acids is 1. The number of ether oxygens (including phenoxy) is 1. The lowest BCUT2D eigenvalue weighted by atomic mass is 9.96. The normalized spacial score (nSPS) is 18.3. The van der Waals surface area contributed by atoms with Crippen LogP contribution >= 0.6 is 11.6 Å². The third-order valence-corrected chi connectivity index (χ3v) is 3.63. The Labute approximate surface area is 140 Å². The third kappa shape index (κ3) is 4.48. The van der Waals surface area contributed by atoms with E-state index in [-0.39, 0.29) is 6.54 Å². The van der Waals surface area contributed by atoms with E-state index in [0.29, 0.717) is 11.4 Å². The summed E-state index contributed by atoms with van der Waals surface area (Å²) in [5.41, 5.74) is 1.06. The van der Waals surface area contributed by atoms with Crippen molar-refractivity contribution in [2.24, 2.45) is 0 Å². The van der Waals surface area contributed by atoms with Crippen LogP contribution in [0.1, 0.15) is 32.8 Å². The van der Waals surface area contributed by atoms with Crippen molar-refractivity contribution in [3.63, 3.8) is 0 Å². The number of aliphatic carboxylic acids is 1. The Morgan fingerprint density at radius 2 is 2.04 bits per heavy atom. The minimum atomic E-state index is -1.09. The molecule has 1 aliphatic rings. The quantitative estimate of drug-likeness (QED) is 0.891. The summed E-state index contributed by atoms with van der Waals surface area (Å²) in [5, 5.41) is 10.0. The average Bonchev–Trinajstić information content (AvgIpc) is 2.44. The van der Waals surface area contributed by atoms with Gasteiger partial charge in [0.15, 0.2) is 6.04 Å². The second-order valence-electron chi connectivity index (χ2n) is 6.41. The first-order chi connectivity index (χ1) is 10.7. The molecule has 1 aromatic carbocycles. The fourth-order valence-corrected chi connectivity index (χ4v) is 2.59. The SMILES string of the molecule is CC(C)(C)OC(=O)N1CCC(c2cccc(Cl)c2)=C[C@@H]1C(=O)O. The molecule has 1 amide bonds. The van der Waals surface area contributed by atoms with Gasteiger partial charge in [-0.2, -0.15) is 0 Å². The number of carboxylic acid groups (broad SMARTS) is 1. The molecule has 0 spiro atoms. The molecular weight excluding hydrogens is 318 g/mol. The van der Waals surface area contributed by atoms with Gasteiger partial charge in [0.05, 0.1) is 0 Å². The van der Waals surface area contributed by atoms with E-state index in [2.05, 4.69) is 0 Å². The lowest BCUT2D eigenvalue weighted by molar-refractivity contribution is -0.141. The molecule has 23 heavy (non-hydrogen) atoms. The molecular formula is C17H20ClNO4. The maximum absolute atomic E-state index is 12.2. The van der Waals surface area contributed by atoms with Crippen molar-refractivity contribution in [2.75, 3.05) is 6.54 Å². The van der Waals surface area contributed by atoms with Crippen LogP contribution in [0.5, 0.6) is 0 Å². The molecule has 5 nitrogen and oxygen atoms in total. The summed E-state index contributed by atoms with van der Waals surface area (Å²) < 4.78 is 5.29. The van der Waals surface area contributed by atoms with Gasteiger partial charge in [0.1, 0.15) is 5.60 Å². The van der Waals surface area contributed by atoms with Crippen molar-refractivity contribution in [2.45, 2.75) is 38.8 Å². The highest BCUT2D eigenvalue weighted by Gasteiger charge is 2.34. The molecule has 0 saturated carbocycles. The van der Waals surface area contributed by atoms with E-state index in [1.807, 2.05) is 12.1 Å². The van der Waals surface area contributed by atoms with E-state index >= 15 is 0 Å². The number of benzene rings is 1. The van der Waals surface area contributed by atoms with Gasteiger partial charge in [-0.1, -0.05) is 23.7 Å². The predicted octanol–water partition coefficient (Wildman–Crippen LogP) is 3.82. The van der Waals surface area contributed by atoms with Crippen LogP contribution in [-0.4, -0.2) is 40.3 Å². The van der Waals surface area contributed by atoms with Crippen LogP contribution in [0.25, 0.3) is 5.57 Å². The number of rotatable bonds is 2. The topological polar surface area (TPSA) is 66.8 Å². The van der Waals surface area contributed by atoms with Crippen LogP contribution in [0.15, 0.2) is 30.3 Å². The minimum absolute atomic E-state index is 0.282. The van der Waals surface area contributed by atoms with Crippen LogP contribution < -0.4 is 0 Å². The predicted molar refractivity (Wildman–Crippen MR) is 88.4 cm³/mol. The molecule has 124 valence electrons. The van der Waals surface area contributed by atoms with Gasteiger partial charge < -0.3 is 9.84 Å². The maximum Gasteiger partial charge on any atom is 0.411 e. The second-order valence-corrected chi connectivity index (χ2v) is 6.85. The van der Waals surface area contributed by atoms with Crippen molar-refractivity contribution >= 4 is 29.2 Å². The number of carboxylic acids is 1. The number of hydrogen-bond acceptors (Lipinski definition) is 3. The molecule has 0 fully saturated rings. The van der Waals surface area contributed by atoms with Crippen LogP contribution in [0.4, 0.5) is 4.79 Å². The number of nitrogens with zero attached hydrogens (tertiary/aromatic N) is 1. The molecule has 0 radical (unpaired) electrons. The smallest absolute Gasteiger partial charge is 0.411 e. The van der Waals surface area contributed by atoms with E-state index in [9.17, 15) is 14.7 Å². The molecule has 1 atom stereocenters. The first kappa shape index (κ1) is 17.3. The molecule has 1 aromatic rings. The summed E-state index contributed by atoms with van der Waals surface area (Å²) in [6, 6.07) is 6.19. The van der Waals surface area contributed by atoms with Crippen molar-refractivity contribution in [1.82, 2.24) is 4.90 Å². The summed E-state index contributed by atoms with van der Waals surface area (Å²) in [7, 11) is 0. The standard InChI is InChI=1S/C17H20ClNO4/c1-17(2,3)23-16(22)19-8-7-12(10-14(19)15(20)21)11-5-4-6-13(18)9-11/h4-6,9-10,14H,7-8H2,1-3H3,(H,20,21)/t14-/m1/s1. The van der Waals surface area contributed by atoms with E-state index in [1.54, 1.807) is 39.0 Å². The number of halogens is 1. The summed E-state index contributed by atoms with van der Waals surface area (Å²) in [6.07, 6.45) is 1.51. The maximum atomic E-state index is 12.2. The largest absolute Gasteiger partial charge is 0.479 e. The van der Waals surface area contributed by atoms with Crippen LogP contribution in [-0.2, 0) is 9.53 Å². The van der Waals surface area contributed by atoms with E-state index in [0.717, 1.165) is 11.1 Å². The molecule has 0 unspecified atom stereocenters. The molecule has 0 aromatic heterocycles. The van der Waals surface area contributed by atoms with Crippen LogP contribution in [0.3, 0.4) is 0 Å². The third-order valence-electron chi connectivity index (χ3n) is 3.39. The number of carbonyl (C=O) groups is 2. The molecule has 1 heterocycles. The van der Waals surface area contributed by atoms with Crippen molar-refractivity contribution < 1.29 is 19.4 Å². The van der Waals surface area contributed by atoms with Gasteiger partial charge in [-0.3, -0.25) is 4.90 Å². The minimum Gasteiger partial charge on any atom is -0.479 e. The Hall–Kier alpha value is -2.01. The molecule has 1 aliphatic heterocycles. The zero-order valence-corrected chi connectivity index (χ0v) is 14.1. The fraction of sp³-hybridized carbons (Fsp3) is 0.412. The second kappa shape index (κ2) is 6.62. The van der Waals surface area contributed by atoms with E-state index < -0.39 is 23.7 Å². The van der Waals surface area contributed by atoms with Gasteiger partial charge in [0.25, 0.3) is 0 Å². The highest BCUT2D eigenvalue weighted by molar-refractivity contribution is 6.30. The molecule has 0 aliphatic carbocycles.